The average Bonchev–Trinajstić information content (AvgIpc) is 3.04. The first-order chi connectivity index (χ1) is 13.6. The van der Waals surface area contributed by atoms with E-state index >= 15 is 0 Å². The second-order valence-corrected chi connectivity index (χ2v) is 10.9. The van der Waals surface area contributed by atoms with Gasteiger partial charge in [-0.25, -0.2) is 8.42 Å². The quantitative estimate of drug-likeness (QED) is 0.716. The number of ketones is 1. The smallest absolute Gasteiger partial charge is 0.241 e. The number of nitrogens with zero attached hydrogens (tertiary/aromatic N) is 1. The minimum Gasteiger partial charge on any atom is -0.294 e. The van der Waals surface area contributed by atoms with Crippen LogP contribution >= 0.6 is 0 Å². The lowest BCUT2D eigenvalue weighted by Gasteiger charge is -2.20. The number of benzene rings is 2. The number of anilines is 2. The Bertz CT molecular complexity index is 1090. The molecule has 4 rings (SSSR count). The fourth-order valence-corrected chi connectivity index (χ4v) is 6.76. The van der Waals surface area contributed by atoms with Gasteiger partial charge in [-0.05, 0) is 61.6 Å². The van der Waals surface area contributed by atoms with Crippen molar-refractivity contribution in [2.24, 2.45) is 11.8 Å². The number of rotatable bonds is 4. The molecule has 0 aromatic heterocycles. The molecule has 0 N–H and O–H groups in total. The van der Waals surface area contributed by atoms with Gasteiger partial charge in [0, 0.05) is 17.7 Å². The van der Waals surface area contributed by atoms with Gasteiger partial charge >= 0.3 is 0 Å². The van der Waals surface area contributed by atoms with E-state index in [4.69, 9.17) is 0 Å². The van der Waals surface area contributed by atoms with E-state index in [9.17, 15) is 18.0 Å². The Labute approximate surface area is 171 Å². The van der Waals surface area contributed by atoms with Crippen LogP contribution in [0.15, 0.2) is 48.5 Å². The molecule has 0 radical (unpaired) electrons. The number of carbonyl (C=O) groups is 2. The number of amides is 1. The first-order valence-corrected chi connectivity index (χ1v) is 11.7. The van der Waals surface area contributed by atoms with E-state index in [0.717, 1.165) is 16.9 Å². The van der Waals surface area contributed by atoms with Crippen LogP contribution in [0.2, 0.25) is 0 Å². The van der Waals surface area contributed by atoms with Crippen molar-refractivity contribution in [1.82, 2.24) is 0 Å². The number of hydrogen-bond donors (Lipinski definition) is 0. The normalized spacial score (nSPS) is 24.5. The van der Waals surface area contributed by atoms with Crippen LogP contribution in [-0.2, 0) is 20.0 Å². The molecule has 0 aliphatic carbocycles. The molecule has 2 aliphatic heterocycles. The van der Waals surface area contributed by atoms with Crippen molar-refractivity contribution < 1.29 is 18.0 Å². The standard InChI is InChI=1S/C23H25NO4S/c1-15-13-29(27,28)14-17(15)12-21(25)16-9-10-20-19(11-16)23(2,3)22(26)24(20)18-7-5-4-6-8-18/h4-11,15,17H,12-14H2,1-3H3. The monoisotopic (exact) mass is 411 g/mol. The Kier molecular flexibility index (Phi) is 4.65. The molecule has 2 unspecified atom stereocenters. The van der Waals surface area contributed by atoms with E-state index in [1.807, 2.05) is 63.2 Å². The highest BCUT2D eigenvalue weighted by molar-refractivity contribution is 7.91. The van der Waals surface area contributed by atoms with Crippen molar-refractivity contribution >= 4 is 32.9 Å². The van der Waals surface area contributed by atoms with E-state index in [-0.39, 0.29) is 41.5 Å². The molecule has 2 aromatic rings. The van der Waals surface area contributed by atoms with Crippen LogP contribution in [0.3, 0.4) is 0 Å². The molecule has 29 heavy (non-hydrogen) atoms. The summed E-state index contributed by atoms with van der Waals surface area (Å²) in [4.78, 5) is 27.7. The summed E-state index contributed by atoms with van der Waals surface area (Å²) >= 11 is 0. The van der Waals surface area contributed by atoms with Crippen LogP contribution in [0, 0.1) is 11.8 Å². The maximum atomic E-state index is 13.1. The molecule has 0 bridgehead atoms. The summed E-state index contributed by atoms with van der Waals surface area (Å²) in [6.07, 6.45) is 0.218. The summed E-state index contributed by atoms with van der Waals surface area (Å²) in [5, 5.41) is 0. The van der Waals surface area contributed by atoms with Crippen LogP contribution in [-0.4, -0.2) is 31.6 Å². The largest absolute Gasteiger partial charge is 0.294 e. The fourth-order valence-electron chi connectivity index (χ4n) is 4.45. The second kappa shape index (κ2) is 6.80. The van der Waals surface area contributed by atoms with Crippen molar-refractivity contribution in [1.29, 1.82) is 0 Å². The van der Waals surface area contributed by atoms with Crippen LogP contribution in [0.5, 0.6) is 0 Å². The summed E-state index contributed by atoms with van der Waals surface area (Å²) in [6.45, 7) is 5.64. The van der Waals surface area contributed by atoms with Gasteiger partial charge < -0.3 is 0 Å². The molecular weight excluding hydrogens is 386 g/mol. The van der Waals surface area contributed by atoms with Crippen molar-refractivity contribution in [2.75, 3.05) is 16.4 Å². The minimum absolute atomic E-state index is 0.00929. The van der Waals surface area contributed by atoms with Crippen molar-refractivity contribution in [3.8, 4) is 0 Å². The first kappa shape index (κ1) is 19.8. The van der Waals surface area contributed by atoms with E-state index < -0.39 is 15.3 Å². The van der Waals surface area contributed by atoms with Gasteiger partial charge in [-0.3, -0.25) is 14.5 Å². The Balaban J connectivity index is 1.66. The molecule has 0 saturated carbocycles. The Hall–Kier alpha value is -2.47. The Morgan fingerprint density at radius 1 is 1.10 bits per heavy atom. The average molecular weight is 412 g/mol. The molecule has 2 aromatic carbocycles. The fraction of sp³-hybridized carbons (Fsp3) is 0.391. The molecule has 1 fully saturated rings. The lowest BCUT2D eigenvalue weighted by atomic mass is 9.84. The molecular formula is C23H25NO4S. The topological polar surface area (TPSA) is 71.5 Å². The van der Waals surface area contributed by atoms with Crippen LogP contribution in [0.25, 0.3) is 0 Å². The van der Waals surface area contributed by atoms with E-state index in [0.29, 0.717) is 5.56 Å². The molecule has 2 aliphatic rings. The molecule has 0 spiro atoms. The highest BCUT2D eigenvalue weighted by Gasteiger charge is 2.45. The predicted molar refractivity (Wildman–Crippen MR) is 113 cm³/mol. The second-order valence-electron chi connectivity index (χ2n) is 8.77. The van der Waals surface area contributed by atoms with Crippen molar-refractivity contribution in [3.63, 3.8) is 0 Å². The molecule has 1 saturated heterocycles. The number of fused-ring (bicyclic) bond motifs is 1. The van der Waals surface area contributed by atoms with Gasteiger partial charge in [-0.1, -0.05) is 25.1 Å². The lowest BCUT2D eigenvalue weighted by Crippen LogP contribution is -2.33. The molecule has 2 atom stereocenters. The number of sulfone groups is 1. The first-order valence-electron chi connectivity index (χ1n) is 9.88. The third kappa shape index (κ3) is 3.39. The number of para-hydroxylation sites is 1. The van der Waals surface area contributed by atoms with Crippen molar-refractivity contribution in [3.05, 3.63) is 59.7 Å². The van der Waals surface area contributed by atoms with Crippen LogP contribution in [0.4, 0.5) is 11.4 Å². The zero-order valence-corrected chi connectivity index (χ0v) is 17.7. The Morgan fingerprint density at radius 3 is 2.41 bits per heavy atom. The highest BCUT2D eigenvalue weighted by Crippen LogP contribution is 2.45. The third-order valence-electron chi connectivity index (χ3n) is 6.22. The summed E-state index contributed by atoms with van der Waals surface area (Å²) < 4.78 is 23.7. The summed E-state index contributed by atoms with van der Waals surface area (Å²) in [5.41, 5.74) is 2.21. The van der Waals surface area contributed by atoms with Gasteiger partial charge in [0.15, 0.2) is 15.6 Å². The molecule has 1 amide bonds. The summed E-state index contributed by atoms with van der Waals surface area (Å²) in [6, 6.07) is 14.9. The number of carbonyl (C=O) groups excluding carboxylic acids is 2. The molecule has 5 nitrogen and oxygen atoms in total. The Morgan fingerprint density at radius 2 is 1.79 bits per heavy atom. The highest BCUT2D eigenvalue weighted by atomic mass is 32.2. The molecule has 6 heteroatoms. The van der Waals surface area contributed by atoms with Crippen molar-refractivity contribution in [2.45, 2.75) is 32.6 Å². The van der Waals surface area contributed by atoms with Gasteiger partial charge in [0.05, 0.1) is 22.6 Å². The number of hydrogen-bond acceptors (Lipinski definition) is 4. The van der Waals surface area contributed by atoms with Gasteiger partial charge in [0.25, 0.3) is 0 Å². The minimum atomic E-state index is -3.05. The maximum Gasteiger partial charge on any atom is 0.241 e. The van der Waals surface area contributed by atoms with Crippen LogP contribution in [0.1, 0.15) is 43.1 Å². The molecule has 2 heterocycles. The number of Topliss-reactive ketones (excluding diaryl/α,β-unsaturated/α-hetero) is 1. The van der Waals surface area contributed by atoms with Gasteiger partial charge in [-0.15, -0.1) is 0 Å². The zero-order valence-electron chi connectivity index (χ0n) is 16.9. The third-order valence-corrected chi connectivity index (χ3v) is 8.19. The van der Waals surface area contributed by atoms with E-state index in [1.165, 1.54) is 0 Å². The van der Waals surface area contributed by atoms with E-state index in [1.54, 1.807) is 11.0 Å². The van der Waals surface area contributed by atoms with Crippen LogP contribution < -0.4 is 4.90 Å². The lowest BCUT2D eigenvalue weighted by molar-refractivity contribution is -0.121. The maximum absolute atomic E-state index is 13.1. The summed E-state index contributed by atoms with van der Waals surface area (Å²) in [5.74, 6) is -0.0117. The van der Waals surface area contributed by atoms with Gasteiger partial charge in [0.1, 0.15) is 0 Å². The summed E-state index contributed by atoms with van der Waals surface area (Å²) in [7, 11) is -3.05. The SMILES string of the molecule is CC1CS(=O)(=O)CC1CC(=O)c1ccc2c(c1)C(C)(C)C(=O)N2c1ccccc1. The van der Waals surface area contributed by atoms with Gasteiger partial charge in [0.2, 0.25) is 5.91 Å². The predicted octanol–water partition coefficient (Wildman–Crippen LogP) is 3.90. The van der Waals surface area contributed by atoms with E-state index in [2.05, 4.69) is 0 Å². The molecule has 152 valence electrons. The van der Waals surface area contributed by atoms with Gasteiger partial charge in [-0.2, -0.15) is 0 Å². The zero-order chi connectivity index (χ0) is 21.0.